The molecule has 1 aliphatic carbocycles. The zero-order chi connectivity index (χ0) is 14.5. The molecule has 2 rings (SSSR count). The molecule has 0 radical (unpaired) electrons. The molecule has 112 valence electrons. The average Bonchev–Trinajstić information content (AvgIpc) is 2.47. The minimum Gasteiger partial charge on any atom is -0.496 e. The van der Waals surface area contributed by atoms with Crippen molar-refractivity contribution in [3.05, 3.63) is 28.2 Å². The second-order valence-electron chi connectivity index (χ2n) is 6.02. The lowest BCUT2D eigenvalue weighted by molar-refractivity contribution is 0.180. The van der Waals surface area contributed by atoms with E-state index in [1.807, 2.05) is 0 Å². The SMILES string of the molecule is CCC1CCC(CN)C(Cc2ccc(OC)c(Br)c2)C1. The summed E-state index contributed by atoms with van der Waals surface area (Å²) >= 11 is 3.58. The maximum absolute atomic E-state index is 5.98. The molecule has 1 fully saturated rings. The van der Waals surface area contributed by atoms with Crippen LogP contribution in [0.5, 0.6) is 5.75 Å². The van der Waals surface area contributed by atoms with E-state index in [1.165, 1.54) is 31.2 Å². The minimum absolute atomic E-state index is 0.693. The molecule has 3 heteroatoms. The van der Waals surface area contributed by atoms with Gasteiger partial charge in [0.1, 0.15) is 5.75 Å². The largest absolute Gasteiger partial charge is 0.496 e. The van der Waals surface area contributed by atoms with E-state index in [1.54, 1.807) is 7.11 Å². The number of rotatable bonds is 5. The third kappa shape index (κ3) is 3.76. The lowest BCUT2D eigenvalue weighted by atomic mass is 9.71. The molecule has 3 unspecified atom stereocenters. The Morgan fingerprint density at radius 2 is 2.10 bits per heavy atom. The van der Waals surface area contributed by atoms with Gasteiger partial charge < -0.3 is 10.5 Å². The molecule has 0 aromatic heterocycles. The number of hydrogen-bond acceptors (Lipinski definition) is 2. The summed E-state index contributed by atoms with van der Waals surface area (Å²) in [4.78, 5) is 0. The Hall–Kier alpha value is -0.540. The molecule has 2 N–H and O–H groups in total. The van der Waals surface area contributed by atoms with Crippen LogP contribution in [0.1, 0.15) is 38.2 Å². The Balaban J connectivity index is 2.07. The fourth-order valence-electron chi connectivity index (χ4n) is 3.49. The van der Waals surface area contributed by atoms with Crippen LogP contribution in [0.3, 0.4) is 0 Å². The number of methoxy groups -OCH3 is 1. The molecule has 1 saturated carbocycles. The monoisotopic (exact) mass is 339 g/mol. The number of halogens is 1. The molecule has 0 spiro atoms. The van der Waals surface area contributed by atoms with E-state index >= 15 is 0 Å². The van der Waals surface area contributed by atoms with Gasteiger partial charge in [-0.3, -0.25) is 0 Å². The van der Waals surface area contributed by atoms with E-state index < -0.39 is 0 Å². The van der Waals surface area contributed by atoms with Crippen molar-refractivity contribution in [2.45, 2.75) is 39.0 Å². The zero-order valence-corrected chi connectivity index (χ0v) is 14.2. The highest BCUT2D eigenvalue weighted by Crippen LogP contribution is 2.37. The van der Waals surface area contributed by atoms with Gasteiger partial charge in [-0.2, -0.15) is 0 Å². The van der Waals surface area contributed by atoms with Crippen molar-refractivity contribution >= 4 is 15.9 Å². The Kier molecular flexibility index (Phi) is 5.91. The smallest absolute Gasteiger partial charge is 0.133 e. The van der Waals surface area contributed by atoms with Gasteiger partial charge >= 0.3 is 0 Å². The van der Waals surface area contributed by atoms with Crippen LogP contribution in [-0.4, -0.2) is 13.7 Å². The van der Waals surface area contributed by atoms with Crippen LogP contribution in [0.25, 0.3) is 0 Å². The highest BCUT2D eigenvalue weighted by Gasteiger charge is 2.28. The van der Waals surface area contributed by atoms with E-state index in [-0.39, 0.29) is 0 Å². The minimum atomic E-state index is 0.693. The first-order valence-corrected chi connectivity index (χ1v) is 8.49. The van der Waals surface area contributed by atoms with Gasteiger partial charge in [0, 0.05) is 0 Å². The van der Waals surface area contributed by atoms with Crippen molar-refractivity contribution in [2.75, 3.05) is 13.7 Å². The van der Waals surface area contributed by atoms with E-state index in [0.717, 1.165) is 35.0 Å². The van der Waals surface area contributed by atoms with Gasteiger partial charge in [-0.25, -0.2) is 0 Å². The van der Waals surface area contributed by atoms with E-state index in [2.05, 4.69) is 41.1 Å². The third-order valence-corrected chi connectivity index (χ3v) is 5.46. The highest BCUT2D eigenvalue weighted by atomic mass is 79.9. The lowest BCUT2D eigenvalue weighted by Crippen LogP contribution is -2.31. The molecule has 1 aliphatic rings. The van der Waals surface area contributed by atoms with Crippen LogP contribution in [0.2, 0.25) is 0 Å². The molecule has 1 aromatic carbocycles. The van der Waals surface area contributed by atoms with Gasteiger partial charge in [-0.15, -0.1) is 0 Å². The normalized spacial score (nSPS) is 26.5. The van der Waals surface area contributed by atoms with Gasteiger partial charge in [0.15, 0.2) is 0 Å². The zero-order valence-electron chi connectivity index (χ0n) is 12.6. The summed E-state index contributed by atoms with van der Waals surface area (Å²) in [6.07, 6.45) is 6.45. The van der Waals surface area contributed by atoms with Crippen molar-refractivity contribution < 1.29 is 4.74 Å². The van der Waals surface area contributed by atoms with Crippen molar-refractivity contribution in [3.8, 4) is 5.75 Å². The number of nitrogens with two attached hydrogens (primary N) is 1. The molecular formula is C17H26BrNO. The fourth-order valence-corrected chi connectivity index (χ4v) is 4.08. The Morgan fingerprint density at radius 3 is 2.70 bits per heavy atom. The summed E-state index contributed by atoms with van der Waals surface area (Å²) in [5, 5.41) is 0. The molecule has 1 aromatic rings. The first kappa shape index (κ1) is 15.8. The molecule has 0 saturated heterocycles. The van der Waals surface area contributed by atoms with Crippen molar-refractivity contribution in [2.24, 2.45) is 23.5 Å². The maximum Gasteiger partial charge on any atom is 0.133 e. The summed E-state index contributed by atoms with van der Waals surface area (Å²) in [7, 11) is 1.71. The van der Waals surface area contributed by atoms with Gasteiger partial charge in [-0.05, 0) is 77.2 Å². The van der Waals surface area contributed by atoms with Crippen LogP contribution in [0.4, 0.5) is 0 Å². The highest BCUT2D eigenvalue weighted by molar-refractivity contribution is 9.10. The van der Waals surface area contributed by atoms with E-state index in [9.17, 15) is 0 Å². The van der Waals surface area contributed by atoms with Crippen molar-refractivity contribution in [3.63, 3.8) is 0 Å². The standard InChI is InChI=1S/C17H26BrNO/c1-3-12-4-6-14(11-19)15(8-12)9-13-5-7-17(20-2)16(18)10-13/h5,7,10,12,14-15H,3-4,6,8-9,11,19H2,1-2H3. The molecule has 0 heterocycles. The average molecular weight is 340 g/mol. The van der Waals surface area contributed by atoms with Crippen LogP contribution >= 0.6 is 15.9 Å². The van der Waals surface area contributed by atoms with Gasteiger partial charge in [0.05, 0.1) is 11.6 Å². The van der Waals surface area contributed by atoms with Gasteiger partial charge in [0.25, 0.3) is 0 Å². The Bertz CT molecular complexity index is 435. The van der Waals surface area contributed by atoms with Crippen molar-refractivity contribution in [1.29, 1.82) is 0 Å². The molecule has 2 nitrogen and oxygen atoms in total. The third-order valence-electron chi connectivity index (χ3n) is 4.84. The van der Waals surface area contributed by atoms with Crippen LogP contribution in [-0.2, 0) is 6.42 Å². The van der Waals surface area contributed by atoms with Gasteiger partial charge in [-0.1, -0.05) is 25.8 Å². The summed E-state index contributed by atoms with van der Waals surface area (Å²) in [6.45, 7) is 3.15. The van der Waals surface area contributed by atoms with Crippen molar-refractivity contribution in [1.82, 2.24) is 0 Å². The summed E-state index contributed by atoms with van der Waals surface area (Å²) in [6, 6.07) is 6.44. The quantitative estimate of drug-likeness (QED) is 0.862. The first-order chi connectivity index (χ1) is 9.67. The topological polar surface area (TPSA) is 35.2 Å². The predicted octanol–water partition coefficient (Wildman–Crippen LogP) is 4.40. The molecule has 0 amide bonds. The molecule has 0 bridgehead atoms. The number of benzene rings is 1. The van der Waals surface area contributed by atoms with Crippen LogP contribution in [0.15, 0.2) is 22.7 Å². The summed E-state index contributed by atoms with van der Waals surface area (Å²) < 4.78 is 6.35. The maximum atomic E-state index is 5.98. The Labute approximate surface area is 131 Å². The molecule has 0 aliphatic heterocycles. The number of hydrogen-bond donors (Lipinski definition) is 1. The van der Waals surface area contributed by atoms with Crippen LogP contribution < -0.4 is 10.5 Å². The summed E-state index contributed by atoms with van der Waals surface area (Å²) in [5.74, 6) is 3.22. The Morgan fingerprint density at radius 1 is 1.30 bits per heavy atom. The molecular weight excluding hydrogens is 314 g/mol. The number of ether oxygens (including phenoxy) is 1. The fraction of sp³-hybridized carbons (Fsp3) is 0.647. The molecule has 3 atom stereocenters. The van der Waals surface area contributed by atoms with E-state index in [0.29, 0.717) is 5.92 Å². The predicted molar refractivity (Wildman–Crippen MR) is 88.1 cm³/mol. The second-order valence-corrected chi connectivity index (χ2v) is 6.87. The summed E-state index contributed by atoms with van der Waals surface area (Å²) in [5.41, 5.74) is 7.37. The first-order valence-electron chi connectivity index (χ1n) is 7.70. The second kappa shape index (κ2) is 7.46. The molecule has 20 heavy (non-hydrogen) atoms. The lowest BCUT2D eigenvalue weighted by Gasteiger charge is -2.35. The van der Waals surface area contributed by atoms with Gasteiger partial charge in [0.2, 0.25) is 0 Å². The van der Waals surface area contributed by atoms with Crippen LogP contribution in [0, 0.1) is 17.8 Å². The van der Waals surface area contributed by atoms with E-state index in [4.69, 9.17) is 10.5 Å².